The Morgan fingerprint density at radius 3 is 2.58 bits per heavy atom. The van der Waals surface area contributed by atoms with Gasteiger partial charge in [0, 0.05) is 36.1 Å². The van der Waals surface area contributed by atoms with Crippen LogP contribution in [0.2, 0.25) is 0 Å². The number of rotatable bonds is 7. The second-order valence-corrected chi connectivity index (χ2v) is 8.61. The summed E-state index contributed by atoms with van der Waals surface area (Å²) in [7, 11) is 1.30. The Bertz CT molecular complexity index is 1250. The van der Waals surface area contributed by atoms with Crippen LogP contribution in [0.1, 0.15) is 44.7 Å². The van der Waals surface area contributed by atoms with E-state index in [-0.39, 0.29) is 29.2 Å². The first-order valence-electron chi connectivity index (χ1n) is 11.8. The fourth-order valence-electron chi connectivity index (χ4n) is 4.26. The zero-order valence-corrected chi connectivity index (χ0v) is 19.9. The molecule has 1 fully saturated rings. The van der Waals surface area contributed by atoms with E-state index in [4.69, 9.17) is 4.74 Å². The number of halogens is 1. The Morgan fingerprint density at radius 1 is 1.11 bits per heavy atom. The summed E-state index contributed by atoms with van der Waals surface area (Å²) in [5, 5.41) is 16.5. The number of aromatic hydroxyl groups is 1. The summed E-state index contributed by atoms with van der Waals surface area (Å²) < 4.78 is 19.5. The second kappa shape index (κ2) is 11.6. The van der Waals surface area contributed by atoms with E-state index in [9.17, 15) is 19.1 Å². The number of hydrogen-bond donors (Lipinski definition) is 3. The van der Waals surface area contributed by atoms with Crippen LogP contribution in [0.3, 0.4) is 0 Å². The van der Waals surface area contributed by atoms with Gasteiger partial charge in [-0.3, -0.25) is 14.6 Å². The number of ether oxygens (including phenoxy) is 1. The van der Waals surface area contributed by atoms with Gasteiger partial charge in [0.2, 0.25) is 0 Å². The lowest BCUT2D eigenvalue weighted by Gasteiger charge is -2.23. The number of pyridine rings is 1. The number of hydrogen-bond acceptors (Lipinski definition) is 6. The van der Waals surface area contributed by atoms with Crippen LogP contribution in [-0.4, -0.2) is 48.0 Å². The monoisotopic (exact) mass is 489 g/mol. The van der Waals surface area contributed by atoms with Crippen LogP contribution in [0.5, 0.6) is 11.5 Å². The summed E-state index contributed by atoms with van der Waals surface area (Å²) in [6.45, 7) is 1.55. The van der Waals surface area contributed by atoms with E-state index >= 15 is 0 Å². The van der Waals surface area contributed by atoms with Gasteiger partial charge in [-0.25, -0.2) is 4.39 Å². The van der Waals surface area contributed by atoms with Crippen LogP contribution in [0.4, 0.5) is 4.39 Å². The molecule has 1 aliphatic heterocycles. The van der Waals surface area contributed by atoms with E-state index in [1.165, 1.54) is 19.2 Å². The molecule has 3 aromatic rings. The van der Waals surface area contributed by atoms with E-state index in [1.54, 1.807) is 48.8 Å². The lowest BCUT2D eigenvalue weighted by Crippen LogP contribution is -2.44. The quantitative estimate of drug-likeness (QED) is 0.434. The molecule has 36 heavy (non-hydrogen) atoms. The number of phenolic OH excluding ortho intramolecular Hbond substituents is 1. The van der Waals surface area contributed by atoms with Gasteiger partial charge >= 0.3 is 0 Å². The van der Waals surface area contributed by atoms with Gasteiger partial charge in [-0.15, -0.1) is 0 Å². The zero-order valence-electron chi connectivity index (χ0n) is 19.9. The van der Waals surface area contributed by atoms with Crippen molar-refractivity contribution >= 4 is 17.8 Å². The average Bonchev–Trinajstić information content (AvgIpc) is 3.13. The van der Waals surface area contributed by atoms with Crippen LogP contribution in [0, 0.1) is 11.7 Å². The summed E-state index contributed by atoms with van der Waals surface area (Å²) in [6.07, 6.45) is 9.12. The van der Waals surface area contributed by atoms with Crippen molar-refractivity contribution in [2.45, 2.75) is 18.9 Å². The standard InChI is InChI=1S/C28H28FN3O4/c1-36-24-11-10-23(33)25(26(24)29)27(34)20-8-5-18(6-9-20)4-7-19-3-2-14-31-17-22(19)32-28(35)21-12-15-30-16-13-21/h4-13,15-16,19,22,31,33H,2-3,14,17H2,1H3,(H,32,35)/b7-4+/t19-,22+/m0/s1. The van der Waals surface area contributed by atoms with Crippen molar-refractivity contribution in [3.8, 4) is 11.5 Å². The summed E-state index contributed by atoms with van der Waals surface area (Å²) in [6, 6.07) is 12.5. The Balaban J connectivity index is 1.48. The Hall–Kier alpha value is -4.04. The van der Waals surface area contributed by atoms with Crippen LogP contribution in [0.25, 0.3) is 6.08 Å². The maximum atomic E-state index is 14.6. The molecule has 4 rings (SSSR count). The SMILES string of the molecule is COc1ccc(O)c(C(=O)c2ccc(/C=C/[C@@H]3CCCNC[C@H]3NC(=O)c3ccncc3)cc2)c1F. The third-order valence-electron chi connectivity index (χ3n) is 6.27. The first kappa shape index (κ1) is 25.1. The number of phenols is 1. The minimum absolute atomic E-state index is 0.0794. The van der Waals surface area contributed by atoms with Crippen molar-refractivity contribution in [1.82, 2.24) is 15.6 Å². The highest BCUT2D eigenvalue weighted by Gasteiger charge is 2.24. The summed E-state index contributed by atoms with van der Waals surface area (Å²) in [5.41, 5.74) is 1.25. The van der Waals surface area contributed by atoms with Crippen molar-refractivity contribution in [2.75, 3.05) is 20.2 Å². The largest absolute Gasteiger partial charge is 0.507 e. The molecule has 7 nitrogen and oxygen atoms in total. The van der Waals surface area contributed by atoms with Gasteiger partial charge in [0.15, 0.2) is 17.3 Å². The predicted molar refractivity (Wildman–Crippen MR) is 135 cm³/mol. The molecule has 2 heterocycles. The number of ketones is 1. The lowest BCUT2D eigenvalue weighted by molar-refractivity contribution is 0.0927. The molecule has 0 saturated carbocycles. The van der Waals surface area contributed by atoms with E-state index in [0.717, 1.165) is 24.9 Å². The van der Waals surface area contributed by atoms with Gasteiger partial charge in [0.05, 0.1) is 7.11 Å². The van der Waals surface area contributed by atoms with Crippen LogP contribution in [0.15, 0.2) is 67.0 Å². The minimum atomic E-state index is -0.895. The third kappa shape index (κ3) is 5.78. The highest BCUT2D eigenvalue weighted by atomic mass is 19.1. The number of carbonyl (C=O) groups is 2. The Labute approximate surface area is 209 Å². The van der Waals surface area contributed by atoms with Crippen molar-refractivity contribution in [3.05, 3.63) is 95.1 Å². The molecule has 0 bridgehead atoms. The molecule has 2 aromatic carbocycles. The minimum Gasteiger partial charge on any atom is -0.507 e. The fourth-order valence-corrected chi connectivity index (χ4v) is 4.26. The molecule has 0 aliphatic carbocycles. The van der Waals surface area contributed by atoms with E-state index in [2.05, 4.69) is 21.7 Å². The average molecular weight is 490 g/mol. The predicted octanol–water partition coefficient (Wildman–Crippen LogP) is 3.98. The van der Waals surface area contributed by atoms with Gasteiger partial charge in [-0.1, -0.05) is 36.4 Å². The first-order chi connectivity index (χ1) is 17.5. The Kier molecular flexibility index (Phi) is 8.07. The smallest absolute Gasteiger partial charge is 0.251 e. The molecular weight excluding hydrogens is 461 g/mol. The number of nitrogens with zero attached hydrogens (tertiary/aromatic N) is 1. The molecule has 8 heteroatoms. The molecule has 0 unspecified atom stereocenters. The lowest BCUT2D eigenvalue weighted by atomic mass is 9.93. The van der Waals surface area contributed by atoms with E-state index in [0.29, 0.717) is 12.1 Å². The number of amides is 1. The molecule has 0 radical (unpaired) electrons. The number of aromatic nitrogens is 1. The van der Waals surface area contributed by atoms with Gasteiger partial charge in [0.1, 0.15) is 11.3 Å². The molecule has 1 amide bonds. The highest BCUT2D eigenvalue weighted by molar-refractivity contribution is 6.11. The second-order valence-electron chi connectivity index (χ2n) is 8.61. The molecule has 3 N–H and O–H groups in total. The maximum absolute atomic E-state index is 14.6. The highest BCUT2D eigenvalue weighted by Crippen LogP contribution is 2.30. The zero-order chi connectivity index (χ0) is 25.5. The van der Waals surface area contributed by atoms with E-state index < -0.39 is 22.9 Å². The molecule has 2 atom stereocenters. The van der Waals surface area contributed by atoms with Gasteiger partial charge in [-0.2, -0.15) is 0 Å². The van der Waals surface area contributed by atoms with Gasteiger partial charge in [-0.05, 0) is 55.1 Å². The fraction of sp³-hybridized carbons (Fsp3) is 0.250. The van der Waals surface area contributed by atoms with E-state index in [1.807, 2.05) is 6.08 Å². The number of nitrogens with one attached hydrogen (secondary N) is 2. The van der Waals surface area contributed by atoms with Crippen molar-refractivity contribution in [3.63, 3.8) is 0 Å². The topological polar surface area (TPSA) is 101 Å². The first-order valence-corrected chi connectivity index (χ1v) is 11.8. The summed E-state index contributed by atoms with van der Waals surface area (Å²) in [5.74, 6) is -2.10. The summed E-state index contributed by atoms with van der Waals surface area (Å²) >= 11 is 0. The molecular formula is C28H28FN3O4. The molecule has 186 valence electrons. The number of benzene rings is 2. The molecule has 1 aliphatic rings. The van der Waals surface area contributed by atoms with Crippen LogP contribution >= 0.6 is 0 Å². The van der Waals surface area contributed by atoms with Gasteiger partial charge < -0.3 is 20.5 Å². The van der Waals surface area contributed by atoms with Crippen molar-refractivity contribution < 1.29 is 23.8 Å². The number of carbonyl (C=O) groups excluding carboxylic acids is 2. The van der Waals surface area contributed by atoms with Gasteiger partial charge in [0.25, 0.3) is 5.91 Å². The summed E-state index contributed by atoms with van der Waals surface area (Å²) in [4.78, 5) is 29.5. The van der Waals surface area contributed by atoms with Crippen LogP contribution in [-0.2, 0) is 0 Å². The maximum Gasteiger partial charge on any atom is 0.251 e. The van der Waals surface area contributed by atoms with Crippen molar-refractivity contribution in [2.24, 2.45) is 5.92 Å². The molecule has 1 aromatic heterocycles. The number of methoxy groups -OCH3 is 1. The Morgan fingerprint density at radius 2 is 1.86 bits per heavy atom. The van der Waals surface area contributed by atoms with Crippen molar-refractivity contribution in [1.29, 1.82) is 0 Å². The normalized spacial score (nSPS) is 17.9. The third-order valence-corrected chi connectivity index (χ3v) is 6.27. The molecule has 0 spiro atoms. The van der Waals surface area contributed by atoms with Crippen LogP contribution < -0.4 is 15.4 Å². The molecule has 1 saturated heterocycles.